The van der Waals surface area contributed by atoms with Gasteiger partial charge in [-0.1, -0.05) is 90.4 Å². The first kappa shape index (κ1) is 35.3. The van der Waals surface area contributed by atoms with Gasteiger partial charge < -0.3 is 14.4 Å². The van der Waals surface area contributed by atoms with Crippen molar-refractivity contribution >= 4 is 11.9 Å². The summed E-state index contributed by atoms with van der Waals surface area (Å²) in [7, 11) is 0. The van der Waals surface area contributed by atoms with Crippen LogP contribution in [0.2, 0.25) is 0 Å². The minimum Gasteiger partial charge on any atom is -0.462 e. The molecule has 0 unspecified atom stereocenters. The van der Waals surface area contributed by atoms with Gasteiger partial charge in [-0.3, -0.25) is 9.59 Å². The van der Waals surface area contributed by atoms with E-state index >= 15 is 0 Å². The van der Waals surface area contributed by atoms with E-state index in [1.165, 1.54) is 25.7 Å². The lowest BCUT2D eigenvalue weighted by Gasteiger charge is -2.71. The van der Waals surface area contributed by atoms with Crippen LogP contribution in [0.5, 0.6) is 0 Å². The molecule has 1 aliphatic heterocycles. The molecule has 4 saturated carbocycles. The second-order valence-electron chi connectivity index (χ2n) is 19.6. The van der Waals surface area contributed by atoms with Crippen molar-refractivity contribution < 1.29 is 19.1 Å². The summed E-state index contributed by atoms with van der Waals surface area (Å²) in [5, 5.41) is 0. The lowest BCUT2D eigenvalue weighted by molar-refractivity contribution is -0.214. The third kappa shape index (κ3) is 5.75. The number of hydrogen-bond donors (Lipinski definition) is 0. The number of esters is 2. The number of fused-ring (bicyclic) bond motifs is 7. The zero-order valence-corrected chi connectivity index (χ0v) is 31.9. The number of nitrogens with zero attached hydrogens (tertiary/aromatic N) is 1. The van der Waals surface area contributed by atoms with Gasteiger partial charge in [0.2, 0.25) is 0 Å². The fourth-order valence-corrected chi connectivity index (χ4v) is 13.1. The van der Waals surface area contributed by atoms with Crippen molar-refractivity contribution in [2.75, 3.05) is 19.6 Å². The van der Waals surface area contributed by atoms with Crippen molar-refractivity contribution in [3.63, 3.8) is 0 Å². The maximum atomic E-state index is 14.3. The number of hydrogen-bond acceptors (Lipinski definition) is 5. The average Bonchev–Trinajstić information content (AvgIpc) is 3.58. The molecule has 5 aliphatic carbocycles. The molecule has 0 N–H and O–H groups in total. The standard InChI is InChI=1S/C44H65NO4/c1-39(2)22-24-44(38(47)48-30-31-13-9-8-10-14-31)25-23-42(6)32(33(44)29-39)15-16-35-41(5)20-18-36(40(3,4)34(41)17-21-43(35,42)7)49-37(46)19-28-45-26-11-12-27-45/h8-10,13-15,33-36H,11-12,16-30H2,1-7H3/t33-,34-,35+,36-,41-,42+,43+,44-/m0/s1. The Kier molecular flexibility index (Phi) is 9.01. The van der Waals surface area contributed by atoms with Gasteiger partial charge in [0, 0.05) is 12.0 Å². The van der Waals surface area contributed by atoms with Crippen LogP contribution in [0, 0.1) is 50.2 Å². The van der Waals surface area contributed by atoms with Crippen molar-refractivity contribution in [1.29, 1.82) is 0 Å². The minimum atomic E-state index is -0.418. The highest BCUT2D eigenvalue weighted by Gasteiger charge is 2.69. The summed E-state index contributed by atoms with van der Waals surface area (Å²) in [6, 6.07) is 10.2. The summed E-state index contributed by atoms with van der Waals surface area (Å²) in [5.74, 6) is 1.38. The molecule has 6 aliphatic rings. The predicted octanol–water partition coefficient (Wildman–Crippen LogP) is 9.93. The monoisotopic (exact) mass is 671 g/mol. The summed E-state index contributed by atoms with van der Waals surface area (Å²) in [5.41, 5.74) is 2.81. The Morgan fingerprint density at radius 1 is 0.837 bits per heavy atom. The second kappa shape index (κ2) is 12.5. The molecular formula is C44H65NO4. The van der Waals surface area contributed by atoms with Crippen LogP contribution in [0.1, 0.15) is 138 Å². The number of ether oxygens (including phenoxy) is 2. The van der Waals surface area contributed by atoms with E-state index in [4.69, 9.17) is 9.47 Å². The van der Waals surface area contributed by atoms with E-state index in [-0.39, 0.29) is 51.0 Å². The first-order valence-electron chi connectivity index (χ1n) is 20.0. The van der Waals surface area contributed by atoms with Crippen LogP contribution in [0.15, 0.2) is 42.0 Å². The number of allylic oxidation sites excluding steroid dienone is 2. The molecule has 0 spiro atoms. The third-order valence-electron chi connectivity index (χ3n) is 16.3. The van der Waals surface area contributed by atoms with Gasteiger partial charge in [-0.2, -0.15) is 0 Å². The van der Waals surface area contributed by atoms with E-state index in [9.17, 15) is 9.59 Å². The molecule has 5 nitrogen and oxygen atoms in total. The molecule has 0 radical (unpaired) electrons. The molecule has 0 amide bonds. The maximum absolute atomic E-state index is 14.3. The highest BCUT2D eigenvalue weighted by molar-refractivity contribution is 5.79. The quantitative estimate of drug-likeness (QED) is 0.213. The molecule has 49 heavy (non-hydrogen) atoms. The molecule has 1 saturated heterocycles. The number of rotatable bonds is 7. The summed E-state index contributed by atoms with van der Waals surface area (Å²) >= 11 is 0. The van der Waals surface area contributed by atoms with Crippen molar-refractivity contribution in [3.05, 3.63) is 47.5 Å². The maximum Gasteiger partial charge on any atom is 0.313 e. The number of benzene rings is 1. The van der Waals surface area contributed by atoms with Crippen LogP contribution < -0.4 is 0 Å². The molecule has 0 bridgehead atoms. The van der Waals surface area contributed by atoms with Gasteiger partial charge in [0.1, 0.15) is 12.7 Å². The molecule has 8 atom stereocenters. The number of likely N-dealkylation sites (tertiary alicyclic amines) is 1. The minimum absolute atomic E-state index is 0.00429. The van der Waals surface area contributed by atoms with Crippen LogP contribution in [-0.4, -0.2) is 42.6 Å². The summed E-state index contributed by atoms with van der Waals surface area (Å²) in [6.07, 6.45) is 16.3. The van der Waals surface area contributed by atoms with Crippen molar-refractivity contribution in [2.24, 2.45) is 50.2 Å². The molecule has 5 fully saturated rings. The van der Waals surface area contributed by atoms with Crippen molar-refractivity contribution in [2.45, 2.75) is 145 Å². The molecule has 5 heteroatoms. The van der Waals surface area contributed by atoms with E-state index in [0.29, 0.717) is 24.9 Å². The normalized spacial score (nSPS) is 40.9. The lowest BCUT2D eigenvalue weighted by atomic mass is 9.33. The van der Waals surface area contributed by atoms with Crippen molar-refractivity contribution in [1.82, 2.24) is 4.90 Å². The van der Waals surface area contributed by atoms with Gasteiger partial charge in [-0.25, -0.2) is 0 Å². The highest BCUT2D eigenvalue weighted by atomic mass is 16.5. The molecule has 7 rings (SSSR count). The van der Waals surface area contributed by atoms with Gasteiger partial charge in [-0.15, -0.1) is 0 Å². The van der Waals surface area contributed by atoms with Crippen LogP contribution in [0.25, 0.3) is 0 Å². The molecular weight excluding hydrogens is 606 g/mol. The zero-order chi connectivity index (χ0) is 34.9. The summed E-state index contributed by atoms with van der Waals surface area (Å²) in [6.45, 7) is 20.9. The first-order valence-corrected chi connectivity index (χ1v) is 20.0. The SMILES string of the molecule is CC1(C)CC[C@]2(C(=O)OCc3ccccc3)CC[C@]3(C)C(=CC[C@@H]4[C@@]5(C)CC[C@H](OC(=O)CCN6CCCC6)C(C)(C)[C@@H]5CC[C@]43C)[C@@H]2C1. The predicted molar refractivity (Wildman–Crippen MR) is 195 cm³/mol. The van der Waals surface area contributed by atoms with E-state index in [1.54, 1.807) is 5.57 Å². The van der Waals surface area contributed by atoms with E-state index < -0.39 is 5.41 Å². The molecule has 1 aromatic carbocycles. The smallest absolute Gasteiger partial charge is 0.313 e. The Balaban J connectivity index is 1.13. The van der Waals surface area contributed by atoms with Crippen LogP contribution in [0.3, 0.4) is 0 Å². The van der Waals surface area contributed by atoms with E-state index in [2.05, 4.69) is 71.6 Å². The Bertz CT molecular complexity index is 1440. The van der Waals surface area contributed by atoms with E-state index in [1.807, 2.05) is 18.2 Å². The zero-order valence-electron chi connectivity index (χ0n) is 31.9. The third-order valence-corrected chi connectivity index (χ3v) is 16.3. The topological polar surface area (TPSA) is 55.8 Å². The first-order chi connectivity index (χ1) is 23.1. The summed E-state index contributed by atoms with van der Waals surface area (Å²) in [4.78, 5) is 29.9. The number of carbonyl (C=O) groups excluding carboxylic acids is 2. The molecule has 0 aromatic heterocycles. The fourth-order valence-electron chi connectivity index (χ4n) is 13.1. The average molecular weight is 672 g/mol. The van der Waals surface area contributed by atoms with Gasteiger partial charge in [0.15, 0.2) is 0 Å². The Morgan fingerprint density at radius 3 is 2.29 bits per heavy atom. The Morgan fingerprint density at radius 2 is 1.55 bits per heavy atom. The van der Waals surface area contributed by atoms with Gasteiger partial charge in [-0.05, 0) is 135 Å². The molecule has 270 valence electrons. The van der Waals surface area contributed by atoms with E-state index in [0.717, 1.165) is 76.6 Å². The van der Waals surface area contributed by atoms with Gasteiger partial charge >= 0.3 is 11.9 Å². The van der Waals surface area contributed by atoms with Gasteiger partial charge in [0.25, 0.3) is 0 Å². The largest absolute Gasteiger partial charge is 0.462 e. The fraction of sp³-hybridized carbons (Fsp3) is 0.773. The summed E-state index contributed by atoms with van der Waals surface area (Å²) < 4.78 is 12.6. The highest BCUT2D eigenvalue weighted by Crippen LogP contribution is 2.76. The Labute approximate surface area is 297 Å². The Hall–Kier alpha value is -2.14. The van der Waals surface area contributed by atoms with Crippen LogP contribution in [-0.2, 0) is 25.7 Å². The van der Waals surface area contributed by atoms with Crippen LogP contribution in [0.4, 0.5) is 0 Å². The lowest BCUT2D eigenvalue weighted by Crippen LogP contribution is -2.65. The number of carbonyl (C=O) groups is 2. The molecule has 1 heterocycles. The van der Waals surface area contributed by atoms with Crippen LogP contribution >= 0.6 is 0 Å². The second-order valence-corrected chi connectivity index (χ2v) is 19.6. The van der Waals surface area contributed by atoms with Crippen molar-refractivity contribution in [3.8, 4) is 0 Å². The molecule has 1 aromatic rings. The van der Waals surface area contributed by atoms with Gasteiger partial charge in [0.05, 0.1) is 11.8 Å².